The highest BCUT2D eigenvalue weighted by Crippen LogP contribution is 2.28. The van der Waals surface area contributed by atoms with Crippen LogP contribution in [0.4, 0.5) is 13.2 Å². The van der Waals surface area contributed by atoms with E-state index in [1.807, 2.05) is 0 Å². The Balaban J connectivity index is 1.86. The van der Waals surface area contributed by atoms with Gasteiger partial charge in [-0.1, -0.05) is 0 Å². The number of alkyl halides is 3. The minimum Gasteiger partial charge on any atom is -0.362 e. The molecule has 1 aliphatic rings. The number of ether oxygens (including phenoxy) is 1. The predicted molar refractivity (Wildman–Crippen MR) is 84.2 cm³/mol. The summed E-state index contributed by atoms with van der Waals surface area (Å²) in [6.45, 7) is -1.77. The number of carbonyl (C=O) groups excluding carboxylic acids is 1. The zero-order valence-electron chi connectivity index (χ0n) is 12.3. The third kappa shape index (κ3) is 5.15. The van der Waals surface area contributed by atoms with Crippen LogP contribution in [0.25, 0.3) is 0 Å². The van der Waals surface area contributed by atoms with E-state index in [0.29, 0.717) is 3.79 Å². The van der Waals surface area contributed by atoms with Crippen molar-refractivity contribution in [1.82, 2.24) is 9.21 Å². The number of carbonyl (C=O) groups is 1. The molecule has 2 heterocycles. The van der Waals surface area contributed by atoms with Crippen LogP contribution in [-0.4, -0.2) is 69.1 Å². The van der Waals surface area contributed by atoms with E-state index in [0.717, 1.165) is 11.3 Å². The molecule has 0 saturated carbocycles. The Bertz CT molecular complexity index is 685. The maximum Gasteiger partial charge on any atom is 0.411 e. The summed E-state index contributed by atoms with van der Waals surface area (Å²) < 4.78 is 67.2. The summed E-state index contributed by atoms with van der Waals surface area (Å²) in [4.78, 5) is 13.1. The molecule has 12 heteroatoms. The van der Waals surface area contributed by atoms with E-state index in [1.165, 1.54) is 15.3 Å². The summed E-state index contributed by atoms with van der Waals surface area (Å²) in [7, 11) is -3.62. The minimum absolute atomic E-state index is 0.0862. The largest absolute Gasteiger partial charge is 0.411 e. The molecule has 0 unspecified atom stereocenters. The van der Waals surface area contributed by atoms with Crippen molar-refractivity contribution in [3.05, 3.63) is 15.9 Å². The molecule has 1 amide bonds. The molecule has 0 spiro atoms. The second-order valence-electron chi connectivity index (χ2n) is 4.95. The highest BCUT2D eigenvalue weighted by atomic mass is 79.9. The molecule has 136 valence electrons. The fourth-order valence-corrected chi connectivity index (χ4v) is 5.67. The van der Waals surface area contributed by atoms with Gasteiger partial charge in [-0.15, -0.1) is 11.3 Å². The van der Waals surface area contributed by atoms with Gasteiger partial charge in [0.05, 0.1) is 3.79 Å². The maximum absolute atomic E-state index is 12.4. The highest BCUT2D eigenvalue weighted by molar-refractivity contribution is 9.11. The summed E-state index contributed by atoms with van der Waals surface area (Å²) in [5.41, 5.74) is 0. The van der Waals surface area contributed by atoms with Gasteiger partial charge in [0.2, 0.25) is 5.91 Å². The van der Waals surface area contributed by atoms with Crippen LogP contribution in [0.3, 0.4) is 0 Å². The molecule has 1 aromatic rings. The zero-order chi connectivity index (χ0) is 18.0. The molecule has 2 rings (SSSR count). The number of hydrogen-bond donors (Lipinski definition) is 0. The van der Waals surface area contributed by atoms with Crippen LogP contribution in [0, 0.1) is 0 Å². The van der Waals surface area contributed by atoms with Crippen LogP contribution in [-0.2, 0) is 19.6 Å². The number of rotatable bonds is 5. The zero-order valence-corrected chi connectivity index (χ0v) is 15.5. The van der Waals surface area contributed by atoms with Gasteiger partial charge in [0.25, 0.3) is 10.0 Å². The van der Waals surface area contributed by atoms with Crippen molar-refractivity contribution in [1.29, 1.82) is 0 Å². The van der Waals surface area contributed by atoms with Crippen molar-refractivity contribution in [2.75, 3.05) is 39.4 Å². The lowest BCUT2D eigenvalue weighted by Crippen LogP contribution is -2.51. The number of hydrogen-bond acceptors (Lipinski definition) is 5. The van der Waals surface area contributed by atoms with E-state index < -0.39 is 35.3 Å². The monoisotopic (exact) mass is 450 g/mol. The topological polar surface area (TPSA) is 66.9 Å². The Kier molecular flexibility index (Phi) is 6.29. The molecule has 1 fully saturated rings. The Morgan fingerprint density at radius 2 is 1.88 bits per heavy atom. The Morgan fingerprint density at radius 3 is 2.38 bits per heavy atom. The van der Waals surface area contributed by atoms with E-state index in [9.17, 15) is 26.4 Å². The van der Waals surface area contributed by atoms with Crippen LogP contribution < -0.4 is 0 Å². The molecule has 6 nitrogen and oxygen atoms in total. The van der Waals surface area contributed by atoms with Gasteiger partial charge >= 0.3 is 6.18 Å². The lowest BCUT2D eigenvalue weighted by molar-refractivity contribution is -0.178. The van der Waals surface area contributed by atoms with Gasteiger partial charge in [-0.25, -0.2) is 8.42 Å². The van der Waals surface area contributed by atoms with E-state index in [2.05, 4.69) is 20.7 Å². The normalized spacial score (nSPS) is 17.2. The van der Waals surface area contributed by atoms with Crippen LogP contribution in [0.2, 0.25) is 0 Å². The van der Waals surface area contributed by atoms with Crippen molar-refractivity contribution in [3.63, 3.8) is 0 Å². The van der Waals surface area contributed by atoms with Crippen LogP contribution >= 0.6 is 27.3 Å². The van der Waals surface area contributed by atoms with Gasteiger partial charge in [-0.3, -0.25) is 4.79 Å². The minimum atomic E-state index is -4.48. The number of amides is 1. The smallest absolute Gasteiger partial charge is 0.362 e. The number of nitrogens with zero attached hydrogens (tertiary/aromatic N) is 2. The van der Waals surface area contributed by atoms with Gasteiger partial charge in [0, 0.05) is 26.2 Å². The molecule has 0 aliphatic carbocycles. The van der Waals surface area contributed by atoms with Gasteiger partial charge in [0.1, 0.15) is 17.4 Å². The predicted octanol–water partition coefficient (Wildman–Crippen LogP) is 1.92. The first kappa shape index (κ1) is 19.6. The second kappa shape index (κ2) is 7.68. The Hall–Kier alpha value is -0.690. The molecule has 0 radical (unpaired) electrons. The van der Waals surface area contributed by atoms with Crippen LogP contribution in [0.1, 0.15) is 0 Å². The van der Waals surface area contributed by atoms with Crippen molar-refractivity contribution in [2.45, 2.75) is 10.4 Å². The quantitative estimate of drug-likeness (QED) is 0.687. The van der Waals surface area contributed by atoms with E-state index in [-0.39, 0.29) is 30.4 Å². The second-order valence-corrected chi connectivity index (χ2v) is 9.58. The molecular weight excluding hydrogens is 437 g/mol. The number of sulfonamides is 1. The van der Waals surface area contributed by atoms with Crippen molar-refractivity contribution >= 4 is 43.2 Å². The van der Waals surface area contributed by atoms with Gasteiger partial charge in [-0.2, -0.15) is 17.5 Å². The third-order valence-electron chi connectivity index (χ3n) is 3.23. The molecule has 0 aromatic carbocycles. The highest BCUT2D eigenvalue weighted by Gasteiger charge is 2.32. The third-order valence-corrected chi connectivity index (χ3v) is 7.22. The molecule has 0 N–H and O–H groups in total. The number of piperazine rings is 1. The molecule has 1 aliphatic heterocycles. The van der Waals surface area contributed by atoms with Crippen molar-refractivity contribution in [3.8, 4) is 0 Å². The lowest BCUT2D eigenvalue weighted by atomic mass is 10.3. The van der Waals surface area contributed by atoms with E-state index in [4.69, 9.17) is 0 Å². The van der Waals surface area contributed by atoms with E-state index in [1.54, 1.807) is 6.07 Å². The average molecular weight is 451 g/mol. The summed E-state index contributed by atoms with van der Waals surface area (Å²) in [6, 6.07) is 3.13. The summed E-state index contributed by atoms with van der Waals surface area (Å²) in [5.74, 6) is -0.588. The fraction of sp³-hybridized carbons (Fsp3) is 0.583. The average Bonchev–Trinajstić information content (AvgIpc) is 2.93. The molecule has 1 saturated heterocycles. The standard InChI is InChI=1S/C12H14BrF3N2O4S2/c13-9-1-2-11(23-9)24(20,21)18-5-3-17(4-6-18)10(19)7-22-8-12(14,15)16/h1-2H,3-8H2. The Labute approximate surface area is 149 Å². The lowest BCUT2D eigenvalue weighted by Gasteiger charge is -2.33. The molecular formula is C12H14BrF3N2O4S2. The number of thiophene rings is 1. The van der Waals surface area contributed by atoms with Crippen molar-refractivity contribution < 1.29 is 31.1 Å². The molecule has 0 bridgehead atoms. The molecule has 1 aromatic heterocycles. The molecule has 0 atom stereocenters. The van der Waals surface area contributed by atoms with Gasteiger partial charge in [0.15, 0.2) is 0 Å². The van der Waals surface area contributed by atoms with E-state index >= 15 is 0 Å². The first-order valence-electron chi connectivity index (χ1n) is 6.77. The van der Waals surface area contributed by atoms with Crippen molar-refractivity contribution in [2.24, 2.45) is 0 Å². The fourth-order valence-electron chi connectivity index (χ4n) is 2.09. The first-order valence-corrected chi connectivity index (χ1v) is 9.82. The summed E-state index contributed by atoms with van der Waals surface area (Å²) in [6.07, 6.45) is -4.48. The van der Waals surface area contributed by atoms with Gasteiger partial charge in [-0.05, 0) is 28.1 Å². The first-order chi connectivity index (χ1) is 11.1. The SMILES string of the molecule is O=C(COCC(F)(F)F)N1CCN(S(=O)(=O)c2ccc(Br)s2)CC1. The van der Waals surface area contributed by atoms with Crippen LogP contribution in [0.15, 0.2) is 20.1 Å². The Morgan fingerprint density at radius 1 is 1.25 bits per heavy atom. The summed E-state index contributed by atoms with van der Waals surface area (Å²) >= 11 is 4.29. The number of halogens is 4. The maximum atomic E-state index is 12.4. The summed E-state index contributed by atoms with van der Waals surface area (Å²) in [5, 5.41) is 0. The van der Waals surface area contributed by atoms with Gasteiger partial charge < -0.3 is 9.64 Å². The van der Waals surface area contributed by atoms with Crippen LogP contribution in [0.5, 0.6) is 0 Å². The molecule has 24 heavy (non-hydrogen) atoms.